The molecule has 0 N–H and O–H groups in total. The van der Waals surface area contributed by atoms with E-state index in [4.69, 9.17) is 0 Å². The van der Waals surface area contributed by atoms with Crippen molar-refractivity contribution in [2.75, 3.05) is 4.90 Å². The van der Waals surface area contributed by atoms with Crippen LogP contribution >= 0.6 is 0 Å². The first kappa shape index (κ1) is 33.4. The molecule has 0 atom stereocenters. The Balaban J connectivity index is 1.18. The third-order valence-electron chi connectivity index (χ3n) is 12.7. The van der Waals surface area contributed by atoms with Gasteiger partial charge in [0.25, 0.3) is 0 Å². The number of rotatable bonds is 6. The summed E-state index contributed by atoms with van der Waals surface area (Å²) < 4.78 is 0. The van der Waals surface area contributed by atoms with Gasteiger partial charge in [0.15, 0.2) is 0 Å². The van der Waals surface area contributed by atoms with Gasteiger partial charge in [0, 0.05) is 22.4 Å². The van der Waals surface area contributed by atoms with Crippen molar-refractivity contribution in [1.82, 2.24) is 0 Å². The van der Waals surface area contributed by atoms with Gasteiger partial charge in [-0.25, -0.2) is 0 Å². The first-order valence-corrected chi connectivity index (χ1v) is 20.0. The zero-order chi connectivity index (χ0) is 38.1. The average Bonchev–Trinajstić information content (AvgIpc) is 3.69. The van der Waals surface area contributed by atoms with Crippen LogP contribution in [-0.4, -0.2) is 0 Å². The molecule has 1 heteroatoms. The lowest BCUT2D eigenvalue weighted by Crippen LogP contribution is -2.28. The Kier molecular flexibility index (Phi) is 7.50. The molecule has 0 aromatic heterocycles. The van der Waals surface area contributed by atoms with Crippen LogP contribution in [-0.2, 0) is 10.8 Å². The Morgan fingerprint density at radius 2 is 0.807 bits per heavy atom. The molecule has 0 saturated carbocycles. The Hall–Kier alpha value is -6.96. The number of para-hydroxylation sites is 1. The molecule has 11 rings (SSSR count). The first-order chi connectivity index (χ1) is 28.0. The second-order valence-corrected chi connectivity index (χ2v) is 16.1. The summed E-state index contributed by atoms with van der Waals surface area (Å²) in [6.07, 6.45) is 0. The summed E-state index contributed by atoms with van der Waals surface area (Å²) in [5.41, 5.74) is 18.2. The summed E-state index contributed by atoms with van der Waals surface area (Å²) >= 11 is 0. The molecule has 0 fully saturated rings. The Morgan fingerprint density at radius 3 is 1.47 bits per heavy atom. The summed E-state index contributed by atoms with van der Waals surface area (Å²) in [4.78, 5) is 2.50. The van der Waals surface area contributed by atoms with Crippen LogP contribution < -0.4 is 4.90 Å². The van der Waals surface area contributed by atoms with Gasteiger partial charge in [0.2, 0.25) is 0 Å². The summed E-state index contributed by atoms with van der Waals surface area (Å²) in [7, 11) is 0. The van der Waals surface area contributed by atoms with E-state index in [9.17, 15) is 0 Å². The van der Waals surface area contributed by atoms with Gasteiger partial charge in [-0.1, -0.05) is 184 Å². The lowest BCUT2D eigenvalue weighted by Gasteiger charge is -2.35. The van der Waals surface area contributed by atoms with Crippen LogP contribution in [0.4, 0.5) is 17.1 Å². The molecule has 1 nitrogen and oxygen atoms in total. The number of hydrogen-bond donors (Lipinski definition) is 0. The fourth-order valence-electron chi connectivity index (χ4n) is 10.1. The molecule has 0 saturated heterocycles. The van der Waals surface area contributed by atoms with E-state index in [1.54, 1.807) is 0 Å². The molecule has 0 amide bonds. The van der Waals surface area contributed by atoms with Gasteiger partial charge in [-0.15, -0.1) is 0 Å². The average molecular weight is 728 g/mol. The van der Waals surface area contributed by atoms with Gasteiger partial charge < -0.3 is 4.90 Å². The minimum Gasteiger partial charge on any atom is -0.310 e. The summed E-state index contributed by atoms with van der Waals surface area (Å²) in [5.74, 6) is 0. The van der Waals surface area contributed by atoms with E-state index in [0.717, 1.165) is 17.1 Å². The van der Waals surface area contributed by atoms with E-state index >= 15 is 0 Å². The highest BCUT2D eigenvalue weighted by molar-refractivity contribution is 5.96. The smallest absolute Gasteiger partial charge is 0.0714 e. The van der Waals surface area contributed by atoms with Crippen LogP contribution in [0.3, 0.4) is 0 Å². The molecule has 0 heterocycles. The molecule has 0 spiro atoms. The lowest BCUT2D eigenvalue weighted by atomic mass is 9.67. The second kappa shape index (κ2) is 12.8. The molecule has 0 unspecified atom stereocenters. The van der Waals surface area contributed by atoms with Crippen LogP contribution in [0.15, 0.2) is 212 Å². The Morgan fingerprint density at radius 1 is 0.333 bits per heavy atom. The third-order valence-corrected chi connectivity index (χ3v) is 12.7. The summed E-state index contributed by atoms with van der Waals surface area (Å²) in [6.45, 7) is 4.78. The van der Waals surface area contributed by atoms with Crippen molar-refractivity contribution in [1.29, 1.82) is 0 Å². The predicted molar refractivity (Wildman–Crippen MR) is 239 cm³/mol. The van der Waals surface area contributed by atoms with Gasteiger partial charge in [-0.3, -0.25) is 0 Å². The SMILES string of the molecule is CC1(C)c2cc(N(c3ccc4c(c3)C(c3ccccc3)(c3ccccc3)c3ccccc3-4)c3ccccc3-c3ccccc3)ccc2-c2cc3ccccc3cc21. The predicted octanol–water partition coefficient (Wildman–Crippen LogP) is 14.6. The van der Waals surface area contributed by atoms with Crippen LogP contribution in [0.1, 0.15) is 47.2 Å². The normalized spacial score (nSPS) is 14.1. The van der Waals surface area contributed by atoms with E-state index in [1.165, 1.54) is 77.5 Å². The Bertz CT molecular complexity index is 2940. The molecule has 0 radical (unpaired) electrons. The van der Waals surface area contributed by atoms with Gasteiger partial charge in [0.05, 0.1) is 11.1 Å². The molecular weight excluding hydrogens is 687 g/mol. The van der Waals surface area contributed by atoms with Gasteiger partial charge in [-0.05, 0) is 114 Å². The molecular formula is C56H41N. The molecule has 9 aromatic rings. The zero-order valence-corrected chi connectivity index (χ0v) is 32.2. The van der Waals surface area contributed by atoms with Crippen molar-refractivity contribution in [3.8, 4) is 33.4 Å². The molecule has 9 aromatic carbocycles. The zero-order valence-electron chi connectivity index (χ0n) is 32.2. The molecule has 0 aliphatic heterocycles. The second-order valence-electron chi connectivity index (χ2n) is 16.1. The monoisotopic (exact) mass is 727 g/mol. The van der Waals surface area contributed by atoms with Gasteiger partial charge in [-0.2, -0.15) is 0 Å². The van der Waals surface area contributed by atoms with Crippen molar-refractivity contribution in [2.45, 2.75) is 24.7 Å². The van der Waals surface area contributed by atoms with Crippen molar-refractivity contribution in [3.63, 3.8) is 0 Å². The third kappa shape index (κ3) is 4.95. The molecule has 57 heavy (non-hydrogen) atoms. The van der Waals surface area contributed by atoms with E-state index in [0.29, 0.717) is 0 Å². The van der Waals surface area contributed by atoms with E-state index in [-0.39, 0.29) is 5.41 Å². The van der Waals surface area contributed by atoms with Crippen LogP contribution in [0, 0.1) is 0 Å². The fraction of sp³-hybridized carbons (Fsp3) is 0.0714. The van der Waals surface area contributed by atoms with Crippen molar-refractivity contribution < 1.29 is 0 Å². The number of fused-ring (bicyclic) bond motifs is 7. The maximum Gasteiger partial charge on any atom is 0.0714 e. The largest absolute Gasteiger partial charge is 0.310 e. The molecule has 2 aliphatic carbocycles. The highest BCUT2D eigenvalue weighted by Gasteiger charge is 2.46. The molecule has 270 valence electrons. The first-order valence-electron chi connectivity index (χ1n) is 20.0. The van der Waals surface area contributed by atoms with E-state index in [1.807, 2.05) is 0 Å². The fourth-order valence-corrected chi connectivity index (χ4v) is 10.1. The number of anilines is 3. The topological polar surface area (TPSA) is 3.24 Å². The lowest BCUT2D eigenvalue weighted by molar-refractivity contribution is 0.661. The number of nitrogens with zero attached hydrogens (tertiary/aromatic N) is 1. The van der Waals surface area contributed by atoms with Crippen LogP contribution in [0.25, 0.3) is 44.2 Å². The maximum absolute atomic E-state index is 2.50. The highest BCUT2D eigenvalue weighted by atomic mass is 15.1. The van der Waals surface area contributed by atoms with Crippen LogP contribution in [0.5, 0.6) is 0 Å². The minimum absolute atomic E-state index is 0.176. The minimum atomic E-state index is -0.501. The van der Waals surface area contributed by atoms with Crippen molar-refractivity contribution >= 4 is 27.8 Å². The highest BCUT2D eigenvalue weighted by Crippen LogP contribution is 2.58. The number of hydrogen-bond acceptors (Lipinski definition) is 1. The maximum atomic E-state index is 2.50. The summed E-state index contributed by atoms with van der Waals surface area (Å²) in [6, 6.07) is 78.8. The van der Waals surface area contributed by atoms with E-state index < -0.39 is 5.41 Å². The van der Waals surface area contributed by atoms with Gasteiger partial charge >= 0.3 is 0 Å². The molecule has 0 bridgehead atoms. The van der Waals surface area contributed by atoms with E-state index in [2.05, 4.69) is 231 Å². The van der Waals surface area contributed by atoms with Crippen molar-refractivity contribution in [2.24, 2.45) is 0 Å². The molecule has 2 aliphatic rings. The Labute approximate surface area is 335 Å². The van der Waals surface area contributed by atoms with Gasteiger partial charge in [0.1, 0.15) is 0 Å². The van der Waals surface area contributed by atoms with Crippen molar-refractivity contribution in [3.05, 3.63) is 246 Å². The summed E-state index contributed by atoms with van der Waals surface area (Å²) in [5, 5.41) is 2.57. The standard InChI is InChI=1S/C56H41N/c1-55(2)51-35-40-21-13-12-20-39(40)34-49(51)48-33-31-43(36-52(48)55)57(54-29-17-15-26-45(54)38-18-6-3-7-19-38)44-30-32-47-46-27-14-16-28-50(46)56(53(47)37-44,41-22-8-4-9-23-41)42-24-10-5-11-25-42/h3-37H,1-2H3. The number of benzene rings is 9. The quantitative estimate of drug-likeness (QED) is 0.165. The van der Waals surface area contributed by atoms with Crippen LogP contribution in [0.2, 0.25) is 0 Å².